The highest BCUT2D eigenvalue weighted by atomic mass is 16.2. The van der Waals surface area contributed by atoms with Crippen LogP contribution >= 0.6 is 0 Å². The Hall–Kier alpha value is -1.36. The minimum atomic E-state index is 0.0318. The van der Waals surface area contributed by atoms with Crippen molar-refractivity contribution >= 4 is 5.91 Å². The van der Waals surface area contributed by atoms with E-state index >= 15 is 0 Å². The van der Waals surface area contributed by atoms with E-state index in [1.165, 1.54) is 0 Å². The molecule has 5 nitrogen and oxygen atoms in total. The first-order valence-electron chi connectivity index (χ1n) is 5.77. The fourth-order valence-corrected chi connectivity index (χ4v) is 1.93. The number of amides is 1. The van der Waals surface area contributed by atoms with Crippen LogP contribution in [0.1, 0.15) is 30.0 Å². The standard InChI is InChI=1S/C11H18N4O/c1-3-9-6-10(14-13-9)11(16)15-5-4-12-8(2)7-15/h6,8,12H,3-5,7H2,1-2H3,(H,13,14). The molecule has 2 heterocycles. The number of hydrogen-bond donors (Lipinski definition) is 2. The van der Waals surface area contributed by atoms with Crippen molar-refractivity contribution in [3.8, 4) is 0 Å². The molecule has 0 spiro atoms. The molecule has 1 saturated heterocycles. The molecule has 0 aromatic carbocycles. The number of rotatable bonds is 2. The second kappa shape index (κ2) is 4.65. The normalized spacial score (nSPS) is 21.1. The highest BCUT2D eigenvalue weighted by Gasteiger charge is 2.23. The van der Waals surface area contributed by atoms with Crippen LogP contribution in [0.2, 0.25) is 0 Å². The van der Waals surface area contributed by atoms with Crippen molar-refractivity contribution in [3.63, 3.8) is 0 Å². The average molecular weight is 222 g/mol. The van der Waals surface area contributed by atoms with Gasteiger partial charge in [0, 0.05) is 31.4 Å². The van der Waals surface area contributed by atoms with Gasteiger partial charge in [-0.3, -0.25) is 9.89 Å². The molecule has 1 fully saturated rings. The van der Waals surface area contributed by atoms with Crippen LogP contribution in [-0.2, 0) is 6.42 Å². The molecule has 0 radical (unpaired) electrons. The molecule has 2 rings (SSSR count). The van der Waals surface area contributed by atoms with Crippen LogP contribution in [-0.4, -0.2) is 46.7 Å². The summed E-state index contributed by atoms with van der Waals surface area (Å²) < 4.78 is 0. The highest BCUT2D eigenvalue weighted by Crippen LogP contribution is 2.07. The molecule has 0 saturated carbocycles. The van der Waals surface area contributed by atoms with E-state index in [0.717, 1.165) is 31.7 Å². The minimum Gasteiger partial charge on any atom is -0.334 e. The molecule has 1 aliphatic heterocycles. The number of hydrogen-bond acceptors (Lipinski definition) is 3. The Bertz CT molecular complexity index is 374. The van der Waals surface area contributed by atoms with E-state index in [2.05, 4.69) is 22.4 Å². The van der Waals surface area contributed by atoms with Crippen LogP contribution in [0.5, 0.6) is 0 Å². The van der Waals surface area contributed by atoms with Crippen molar-refractivity contribution in [2.75, 3.05) is 19.6 Å². The van der Waals surface area contributed by atoms with E-state index in [0.29, 0.717) is 11.7 Å². The quantitative estimate of drug-likeness (QED) is 0.761. The van der Waals surface area contributed by atoms with Gasteiger partial charge in [-0.05, 0) is 19.4 Å². The molecule has 5 heteroatoms. The molecule has 1 aromatic heterocycles. The lowest BCUT2D eigenvalue weighted by Crippen LogP contribution is -2.51. The molecule has 1 atom stereocenters. The van der Waals surface area contributed by atoms with E-state index < -0.39 is 0 Å². The van der Waals surface area contributed by atoms with E-state index in [1.807, 2.05) is 17.9 Å². The summed E-state index contributed by atoms with van der Waals surface area (Å²) in [5, 5.41) is 10.2. The van der Waals surface area contributed by atoms with Gasteiger partial charge in [0.05, 0.1) is 0 Å². The number of aromatic amines is 1. The predicted octanol–water partition coefficient (Wildman–Crippen LogP) is 0.406. The molecule has 1 aromatic rings. The van der Waals surface area contributed by atoms with E-state index in [9.17, 15) is 4.79 Å². The number of carbonyl (C=O) groups excluding carboxylic acids is 1. The Morgan fingerprint density at radius 1 is 1.69 bits per heavy atom. The Labute approximate surface area is 95.2 Å². The summed E-state index contributed by atoms with van der Waals surface area (Å²) in [7, 11) is 0. The zero-order valence-corrected chi connectivity index (χ0v) is 9.79. The summed E-state index contributed by atoms with van der Waals surface area (Å²) in [5.41, 5.74) is 1.54. The largest absolute Gasteiger partial charge is 0.334 e. The fourth-order valence-electron chi connectivity index (χ4n) is 1.93. The Kier molecular flexibility index (Phi) is 3.24. The second-order valence-electron chi connectivity index (χ2n) is 4.24. The molecule has 1 unspecified atom stereocenters. The van der Waals surface area contributed by atoms with Crippen LogP contribution in [0.15, 0.2) is 6.07 Å². The zero-order chi connectivity index (χ0) is 11.5. The fraction of sp³-hybridized carbons (Fsp3) is 0.636. The number of H-pyrrole nitrogens is 1. The molecule has 0 bridgehead atoms. The highest BCUT2D eigenvalue weighted by molar-refractivity contribution is 5.92. The van der Waals surface area contributed by atoms with Gasteiger partial charge < -0.3 is 10.2 Å². The molecule has 1 aliphatic rings. The number of piperazine rings is 1. The minimum absolute atomic E-state index is 0.0318. The first-order valence-corrected chi connectivity index (χ1v) is 5.77. The molecule has 16 heavy (non-hydrogen) atoms. The Morgan fingerprint density at radius 3 is 3.12 bits per heavy atom. The summed E-state index contributed by atoms with van der Waals surface area (Å²) in [5.74, 6) is 0.0318. The zero-order valence-electron chi connectivity index (χ0n) is 9.79. The van der Waals surface area contributed by atoms with Crippen molar-refractivity contribution in [3.05, 3.63) is 17.5 Å². The van der Waals surface area contributed by atoms with Crippen molar-refractivity contribution < 1.29 is 4.79 Å². The number of aromatic nitrogens is 2. The van der Waals surface area contributed by atoms with Gasteiger partial charge in [-0.25, -0.2) is 0 Å². The number of nitrogens with zero attached hydrogens (tertiary/aromatic N) is 2. The third-order valence-electron chi connectivity index (χ3n) is 2.89. The molecular formula is C11H18N4O. The van der Waals surface area contributed by atoms with Gasteiger partial charge in [0.15, 0.2) is 0 Å². The maximum Gasteiger partial charge on any atom is 0.274 e. The molecule has 1 amide bonds. The van der Waals surface area contributed by atoms with Crippen molar-refractivity contribution in [1.29, 1.82) is 0 Å². The molecule has 0 aliphatic carbocycles. The van der Waals surface area contributed by atoms with Gasteiger partial charge in [-0.1, -0.05) is 6.92 Å². The third kappa shape index (κ3) is 2.24. The maximum absolute atomic E-state index is 12.1. The Morgan fingerprint density at radius 2 is 2.50 bits per heavy atom. The number of carbonyl (C=O) groups is 1. The first kappa shape index (κ1) is 11.1. The summed E-state index contributed by atoms with van der Waals surface area (Å²) >= 11 is 0. The monoisotopic (exact) mass is 222 g/mol. The topological polar surface area (TPSA) is 61.0 Å². The van der Waals surface area contributed by atoms with Gasteiger partial charge in [0.1, 0.15) is 5.69 Å². The molecule has 88 valence electrons. The summed E-state index contributed by atoms with van der Waals surface area (Å²) in [4.78, 5) is 13.9. The lowest BCUT2D eigenvalue weighted by atomic mass is 10.2. The average Bonchev–Trinajstić information content (AvgIpc) is 2.76. The third-order valence-corrected chi connectivity index (χ3v) is 2.89. The Balaban J connectivity index is 2.06. The number of aryl methyl sites for hydroxylation is 1. The lowest BCUT2D eigenvalue weighted by molar-refractivity contribution is 0.0703. The van der Waals surface area contributed by atoms with Crippen LogP contribution in [0.3, 0.4) is 0 Å². The van der Waals surface area contributed by atoms with Gasteiger partial charge in [0.25, 0.3) is 5.91 Å². The van der Waals surface area contributed by atoms with Crippen LogP contribution in [0.4, 0.5) is 0 Å². The smallest absolute Gasteiger partial charge is 0.274 e. The summed E-state index contributed by atoms with van der Waals surface area (Å²) in [6.07, 6.45) is 0.873. The molecular weight excluding hydrogens is 204 g/mol. The van der Waals surface area contributed by atoms with E-state index in [4.69, 9.17) is 0 Å². The van der Waals surface area contributed by atoms with Gasteiger partial charge in [-0.15, -0.1) is 0 Å². The number of nitrogens with one attached hydrogen (secondary N) is 2. The van der Waals surface area contributed by atoms with Crippen molar-refractivity contribution in [2.24, 2.45) is 0 Å². The lowest BCUT2D eigenvalue weighted by Gasteiger charge is -2.31. The summed E-state index contributed by atoms with van der Waals surface area (Å²) in [6, 6.07) is 2.21. The van der Waals surface area contributed by atoms with Crippen molar-refractivity contribution in [1.82, 2.24) is 20.4 Å². The van der Waals surface area contributed by atoms with E-state index in [-0.39, 0.29) is 5.91 Å². The van der Waals surface area contributed by atoms with Gasteiger partial charge in [0.2, 0.25) is 0 Å². The van der Waals surface area contributed by atoms with E-state index in [1.54, 1.807) is 0 Å². The van der Waals surface area contributed by atoms with Crippen LogP contribution < -0.4 is 5.32 Å². The maximum atomic E-state index is 12.1. The van der Waals surface area contributed by atoms with Crippen LogP contribution in [0.25, 0.3) is 0 Å². The molecule has 2 N–H and O–H groups in total. The van der Waals surface area contributed by atoms with Crippen LogP contribution in [0, 0.1) is 0 Å². The predicted molar refractivity (Wildman–Crippen MR) is 61.3 cm³/mol. The SMILES string of the molecule is CCc1cc(C(=O)N2CCNC(C)C2)n[nH]1. The summed E-state index contributed by atoms with van der Waals surface area (Å²) in [6.45, 7) is 6.50. The van der Waals surface area contributed by atoms with Crippen molar-refractivity contribution in [2.45, 2.75) is 26.3 Å². The second-order valence-corrected chi connectivity index (χ2v) is 4.24. The van der Waals surface area contributed by atoms with Gasteiger partial charge in [-0.2, -0.15) is 5.10 Å². The first-order chi connectivity index (χ1) is 7.70. The van der Waals surface area contributed by atoms with Gasteiger partial charge >= 0.3 is 0 Å².